The Morgan fingerprint density at radius 3 is 2.37 bits per heavy atom. The highest BCUT2D eigenvalue weighted by Gasteiger charge is 2.45. The molecular weight excluding hydrogens is 440 g/mol. The zero-order chi connectivity index (χ0) is 24.9. The maximum Gasteiger partial charge on any atom is 0.362 e. The van der Waals surface area contributed by atoms with E-state index in [1.807, 2.05) is 81.7 Å². The lowest BCUT2D eigenvalue weighted by atomic mass is 9.73. The number of carbonyl (C=O) groups excluding carboxylic acids is 1. The van der Waals surface area contributed by atoms with Gasteiger partial charge < -0.3 is 18.7 Å². The number of hydrogen-bond acceptors (Lipinski definition) is 5. The minimum atomic E-state index is -1.26. The van der Waals surface area contributed by atoms with E-state index in [-0.39, 0.29) is 24.5 Å². The van der Waals surface area contributed by atoms with Crippen LogP contribution in [0.2, 0.25) is 0 Å². The Labute approximate surface area is 208 Å². The maximum absolute atomic E-state index is 12.7. The summed E-state index contributed by atoms with van der Waals surface area (Å²) in [6.07, 6.45) is 6.65. The van der Waals surface area contributed by atoms with Gasteiger partial charge >= 0.3 is 5.97 Å². The lowest BCUT2D eigenvalue weighted by Gasteiger charge is -2.36. The van der Waals surface area contributed by atoms with E-state index in [2.05, 4.69) is 4.98 Å². The fourth-order valence-corrected chi connectivity index (χ4v) is 5.16. The van der Waals surface area contributed by atoms with Crippen LogP contribution in [0.3, 0.4) is 0 Å². The summed E-state index contributed by atoms with van der Waals surface area (Å²) in [6.45, 7) is 2.53. The number of rotatable bonds is 9. The minimum Gasteiger partial charge on any atom is -0.454 e. The standard InChI is InChI=1S/C29H37N2O4/c1-22(23-13-7-4-8-14-23)34-27(32)21-31(2,3)20-26-19-30-28(35-26)29(33,24-15-9-5-10-16-24)25-17-11-6-12-18-25/h4-5,7-10,13-16,19,22,25,33H,6,11-12,17-18,20-21H2,1-3H3/q+1/t22-,29?/m0/s1. The number of aliphatic hydroxyl groups is 1. The smallest absolute Gasteiger partial charge is 0.362 e. The summed E-state index contributed by atoms with van der Waals surface area (Å²) in [5.41, 5.74) is 0.516. The van der Waals surface area contributed by atoms with Gasteiger partial charge in [0.25, 0.3) is 0 Å². The van der Waals surface area contributed by atoms with Gasteiger partial charge in [-0.05, 0) is 30.9 Å². The minimum absolute atomic E-state index is 0.0575. The Morgan fingerprint density at radius 1 is 1.09 bits per heavy atom. The van der Waals surface area contributed by atoms with Crippen LogP contribution in [-0.2, 0) is 21.7 Å². The summed E-state index contributed by atoms with van der Waals surface area (Å²) in [5, 5.41) is 12.0. The second kappa shape index (κ2) is 10.8. The van der Waals surface area contributed by atoms with Crippen LogP contribution in [0.15, 0.2) is 71.3 Å². The van der Waals surface area contributed by atoms with Crippen LogP contribution >= 0.6 is 0 Å². The van der Waals surface area contributed by atoms with Gasteiger partial charge in [-0.1, -0.05) is 79.9 Å². The summed E-state index contributed by atoms with van der Waals surface area (Å²) in [5.74, 6) is 0.765. The van der Waals surface area contributed by atoms with Crippen molar-refractivity contribution in [2.45, 2.75) is 57.3 Å². The predicted molar refractivity (Wildman–Crippen MR) is 134 cm³/mol. The first-order chi connectivity index (χ1) is 16.8. The first-order valence-electron chi connectivity index (χ1n) is 12.6. The summed E-state index contributed by atoms with van der Waals surface area (Å²) < 4.78 is 12.2. The lowest BCUT2D eigenvalue weighted by Crippen LogP contribution is -2.43. The third-order valence-corrected chi connectivity index (χ3v) is 7.01. The Bertz CT molecular complexity index is 1090. The van der Waals surface area contributed by atoms with Gasteiger partial charge in [0.05, 0.1) is 20.3 Å². The molecule has 1 saturated carbocycles. The van der Waals surface area contributed by atoms with Crippen molar-refractivity contribution in [1.29, 1.82) is 0 Å². The van der Waals surface area contributed by atoms with Gasteiger partial charge in [-0.25, -0.2) is 9.78 Å². The molecule has 1 aliphatic rings. The number of quaternary nitrogens is 1. The van der Waals surface area contributed by atoms with Crippen molar-refractivity contribution in [2.75, 3.05) is 20.6 Å². The first-order valence-corrected chi connectivity index (χ1v) is 12.6. The Hall–Kier alpha value is -2.96. The van der Waals surface area contributed by atoms with Gasteiger partial charge in [0.15, 0.2) is 17.9 Å². The second-order valence-electron chi connectivity index (χ2n) is 10.4. The van der Waals surface area contributed by atoms with E-state index >= 15 is 0 Å². The monoisotopic (exact) mass is 477 g/mol. The largest absolute Gasteiger partial charge is 0.454 e. The molecule has 35 heavy (non-hydrogen) atoms. The highest BCUT2D eigenvalue weighted by molar-refractivity contribution is 5.70. The zero-order valence-electron chi connectivity index (χ0n) is 21.0. The average molecular weight is 478 g/mol. The highest BCUT2D eigenvalue weighted by atomic mass is 16.5. The van der Waals surface area contributed by atoms with Crippen molar-refractivity contribution in [3.05, 3.63) is 89.6 Å². The third-order valence-electron chi connectivity index (χ3n) is 7.01. The van der Waals surface area contributed by atoms with Crippen LogP contribution in [0.5, 0.6) is 0 Å². The molecule has 186 valence electrons. The quantitative estimate of drug-likeness (QED) is 0.331. The molecule has 1 fully saturated rings. The summed E-state index contributed by atoms with van der Waals surface area (Å²) in [4.78, 5) is 17.2. The normalized spacial score (nSPS) is 17.5. The summed E-state index contributed by atoms with van der Waals surface area (Å²) >= 11 is 0. The summed E-state index contributed by atoms with van der Waals surface area (Å²) in [7, 11) is 3.92. The number of benzene rings is 2. The van der Waals surface area contributed by atoms with Crippen molar-refractivity contribution in [2.24, 2.45) is 5.92 Å². The summed E-state index contributed by atoms with van der Waals surface area (Å²) in [6, 6.07) is 19.4. The molecule has 4 rings (SSSR count). The third kappa shape index (κ3) is 6.00. The Morgan fingerprint density at radius 2 is 1.71 bits per heavy atom. The predicted octanol–water partition coefficient (Wildman–Crippen LogP) is 5.37. The van der Waals surface area contributed by atoms with Crippen LogP contribution in [-0.4, -0.2) is 41.2 Å². The van der Waals surface area contributed by atoms with Gasteiger partial charge in [-0.15, -0.1) is 0 Å². The fraction of sp³-hybridized carbons (Fsp3) is 0.448. The second-order valence-corrected chi connectivity index (χ2v) is 10.4. The molecule has 1 aromatic heterocycles. The topological polar surface area (TPSA) is 72.6 Å². The molecule has 0 saturated heterocycles. The number of esters is 1. The number of hydrogen-bond donors (Lipinski definition) is 1. The van der Waals surface area contributed by atoms with E-state index in [9.17, 15) is 9.90 Å². The molecule has 0 radical (unpaired) electrons. The number of likely N-dealkylation sites (N-methyl/N-ethyl adjacent to an activating group) is 1. The first kappa shape index (κ1) is 25.1. The highest BCUT2D eigenvalue weighted by Crippen LogP contribution is 2.43. The molecule has 1 heterocycles. The molecule has 6 heteroatoms. The van der Waals surface area contributed by atoms with Crippen molar-refractivity contribution in [3.63, 3.8) is 0 Å². The number of nitrogens with zero attached hydrogens (tertiary/aromatic N) is 2. The van der Waals surface area contributed by atoms with Crippen LogP contribution in [0.4, 0.5) is 0 Å². The van der Waals surface area contributed by atoms with Crippen molar-refractivity contribution < 1.29 is 23.5 Å². The van der Waals surface area contributed by atoms with Crippen LogP contribution < -0.4 is 0 Å². The Kier molecular flexibility index (Phi) is 7.72. The van der Waals surface area contributed by atoms with Gasteiger partial charge in [-0.3, -0.25) is 0 Å². The van der Waals surface area contributed by atoms with E-state index in [4.69, 9.17) is 9.15 Å². The van der Waals surface area contributed by atoms with E-state index in [0.717, 1.165) is 36.8 Å². The average Bonchev–Trinajstić information content (AvgIpc) is 3.32. The van der Waals surface area contributed by atoms with Crippen molar-refractivity contribution in [1.82, 2.24) is 4.98 Å². The van der Waals surface area contributed by atoms with Crippen LogP contribution in [0.1, 0.15) is 67.9 Å². The van der Waals surface area contributed by atoms with E-state index in [1.165, 1.54) is 6.42 Å². The molecule has 0 spiro atoms. The molecule has 0 bridgehead atoms. The Balaban J connectivity index is 1.47. The number of carbonyl (C=O) groups is 1. The van der Waals surface area contributed by atoms with Crippen LogP contribution in [0, 0.1) is 5.92 Å². The lowest BCUT2D eigenvalue weighted by molar-refractivity contribution is -0.897. The molecule has 1 unspecified atom stereocenters. The van der Waals surface area contributed by atoms with Crippen molar-refractivity contribution in [3.8, 4) is 0 Å². The SMILES string of the molecule is C[C@H](OC(=O)C[N+](C)(C)Cc1cnc(C(O)(c2ccccc2)C2CCCCC2)o1)c1ccccc1. The fourth-order valence-electron chi connectivity index (χ4n) is 5.16. The molecule has 6 nitrogen and oxygen atoms in total. The van der Waals surface area contributed by atoms with E-state index < -0.39 is 5.60 Å². The molecular formula is C29H37N2O4+. The molecule has 3 aromatic rings. The van der Waals surface area contributed by atoms with E-state index in [1.54, 1.807) is 6.20 Å². The number of ether oxygens (including phenoxy) is 1. The molecule has 2 atom stereocenters. The molecule has 1 N–H and O–H groups in total. The zero-order valence-corrected chi connectivity index (χ0v) is 21.0. The molecule has 0 aliphatic heterocycles. The van der Waals surface area contributed by atoms with Crippen LogP contribution in [0.25, 0.3) is 0 Å². The van der Waals surface area contributed by atoms with E-state index in [0.29, 0.717) is 22.7 Å². The van der Waals surface area contributed by atoms with Gasteiger partial charge in [0, 0.05) is 5.92 Å². The van der Waals surface area contributed by atoms with Gasteiger partial charge in [-0.2, -0.15) is 0 Å². The molecule has 2 aromatic carbocycles. The molecule has 1 aliphatic carbocycles. The van der Waals surface area contributed by atoms with Gasteiger partial charge in [0.1, 0.15) is 12.6 Å². The number of aromatic nitrogens is 1. The molecule has 0 amide bonds. The van der Waals surface area contributed by atoms with Gasteiger partial charge in [0.2, 0.25) is 5.89 Å². The number of oxazole rings is 1. The maximum atomic E-state index is 12.7. The van der Waals surface area contributed by atoms with Crippen molar-refractivity contribution >= 4 is 5.97 Å².